The van der Waals surface area contributed by atoms with Gasteiger partial charge in [-0.05, 0) is 34.1 Å². The molecule has 0 rings (SSSR count). The predicted molar refractivity (Wildman–Crippen MR) is 53.7 cm³/mol. The van der Waals surface area contributed by atoms with Gasteiger partial charge in [0.05, 0.1) is 12.1 Å². The number of nitrogens with zero attached hydrogens (tertiary/aromatic N) is 1. The van der Waals surface area contributed by atoms with E-state index in [9.17, 15) is 18.3 Å². The van der Waals surface area contributed by atoms with E-state index in [4.69, 9.17) is 0 Å². The van der Waals surface area contributed by atoms with Gasteiger partial charge in [0.2, 0.25) is 0 Å². The van der Waals surface area contributed by atoms with Crippen LogP contribution in [0.25, 0.3) is 0 Å². The third-order valence-corrected chi connectivity index (χ3v) is 2.12. The van der Waals surface area contributed by atoms with Gasteiger partial charge in [0.15, 0.2) is 0 Å². The van der Waals surface area contributed by atoms with Gasteiger partial charge in [-0.3, -0.25) is 4.90 Å². The van der Waals surface area contributed by atoms with E-state index in [1.54, 1.807) is 27.7 Å². The normalized spacial score (nSPS) is 14.0. The highest BCUT2D eigenvalue weighted by molar-refractivity contribution is 4.72. The summed E-state index contributed by atoms with van der Waals surface area (Å²) < 4.78 is 36.5. The zero-order chi connectivity index (χ0) is 12.3. The number of aliphatic hydroxyl groups is 1. The van der Waals surface area contributed by atoms with Gasteiger partial charge in [0.25, 0.3) is 0 Å². The van der Waals surface area contributed by atoms with Crippen LogP contribution in [0, 0.1) is 0 Å². The molecule has 2 nitrogen and oxygen atoms in total. The molecule has 0 bridgehead atoms. The van der Waals surface area contributed by atoms with Gasteiger partial charge in [0, 0.05) is 12.6 Å². The van der Waals surface area contributed by atoms with Gasteiger partial charge in [-0.25, -0.2) is 0 Å². The van der Waals surface area contributed by atoms with Crippen LogP contribution in [0.4, 0.5) is 13.2 Å². The molecule has 0 aromatic rings. The first kappa shape index (κ1) is 14.7. The van der Waals surface area contributed by atoms with Gasteiger partial charge in [-0.2, -0.15) is 13.2 Å². The minimum absolute atomic E-state index is 0.172. The van der Waals surface area contributed by atoms with Crippen molar-refractivity contribution in [3.05, 3.63) is 0 Å². The molecule has 0 aromatic carbocycles. The first-order valence-corrected chi connectivity index (χ1v) is 5.04. The number of halogens is 3. The van der Waals surface area contributed by atoms with E-state index in [-0.39, 0.29) is 12.6 Å². The molecule has 0 radical (unpaired) electrons. The SMILES string of the molecule is CC(C)N(CCC(C)(C)O)CC(F)(F)F. The summed E-state index contributed by atoms with van der Waals surface area (Å²) in [6, 6.07) is -0.172. The predicted octanol–water partition coefficient (Wildman–Crippen LogP) is 2.42. The van der Waals surface area contributed by atoms with Crippen LogP contribution < -0.4 is 0 Å². The van der Waals surface area contributed by atoms with E-state index in [0.717, 1.165) is 0 Å². The Bertz CT molecular complexity index is 184. The minimum atomic E-state index is -4.18. The van der Waals surface area contributed by atoms with Crippen molar-refractivity contribution in [1.82, 2.24) is 4.90 Å². The lowest BCUT2D eigenvalue weighted by Crippen LogP contribution is -2.41. The third-order valence-electron chi connectivity index (χ3n) is 2.12. The van der Waals surface area contributed by atoms with E-state index < -0.39 is 18.3 Å². The summed E-state index contributed by atoms with van der Waals surface area (Å²) in [6.45, 7) is 5.96. The first-order chi connectivity index (χ1) is 6.51. The van der Waals surface area contributed by atoms with Crippen molar-refractivity contribution in [1.29, 1.82) is 0 Å². The van der Waals surface area contributed by atoms with Gasteiger partial charge >= 0.3 is 6.18 Å². The fourth-order valence-corrected chi connectivity index (χ4v) is 1.17. The highest BCUT2D eigenvalue weighted by atomic mass is 19.4. The molecule has 0 spiro atoms. The Morgan fingerprint density at radius 2 is 1.67 bits per heavy atom. The molecule has 1 N–H and O–H groups in total. The summed E-state index contributed by atoms with van der Waals surface area (Å²) in [7, 11) is 0. The van der Waals surface area contributed by atoms with Gasteiger partial charge in [-0.1, -0.05) is 0 Å². The molecule has 0 fully saturated rings. The van der Waals surface area contributed by atoms with Crippen molar-refractivity contribution in [2.75, 3.05) is 13.1 Å². The summed E-state index contributed by atoms with van der Waals surface area (Å²) in [5.41, 5.74) is -0.918. The van der Waals surface area contributed by atoms with Crippen LogP contribution in [0.1, 0.15) is 34.1 Å². The molecule has 15 heavy (non-hydrogen) atoms. The van der Waals surface area contributed by atoms with Crippen LogP contribution in [-0.2, 0) is 0 Å². The number of hydrogen-bond acceptors (Lipinski definition) is 2. The molecule has 0 saturated carbocycles. The molecule has 0 aliphatic heterocycles. The summed E-state index contributed by atoms with van der Waals surface area (Å²) in [4.78, 5) is 1.32. The van der Waals surface area contributed by atoms with Crippen LogP contribution in [0.3, 0.4) is 0 Å². The van der Waals surface area contributed by atoms with Crippen LogP contribution in [0.2, 0.25) is 0 Å². The van der Waals surface area contributed by atoms with E-state index >= 15 is 0 Å². The van der Waals surface area contributed by atoms with Crippen molar-refractivity contribution >= 4 is 0 Å². The van der Waals surface area contributed by atoms with Crippen molar-refractivity contribution < 1.29 is 18.3 Å². The Labute approximate surface area is 89.1 Å². The standard InChI is InChI=1S/C10H20F3NO/c1-8(2)14(7-10(11,12)13)6-5-9(3,4)15/h8,15H,5-7H2,1-4H3. The molecule has 0 aromatic heterocycles. The van der Waals surface area contributed by atoms with Crippen LogP contribution in [-0.4, -0.2) is 40.9 Å². The molecule has 5 heteroatoms. The van der Waals surface area contributed by atoms with E-state index in [1.165, 1.54) is 4.90 Å². The zero-order valence-corrected chi connectivity index (χ0v) is 9.73. The summed E-state index contributed by atoms with van der Waals surface area (Å²) in [6.07, 6.45) is -3.84. The monoisotopic (exact) mass is 227 g/mol. The smallest absolute Gasteiger partial charge is 0.390 e. The molecule has 0 heterocycles. The second kappa shape index (κ2) is 5.16. The molecular weight excluding hydrogens is 207 g/mol. The highest BCUT2D eigenvalue weighted by Gasteiger charge is 2.32. The molecule has 0 atom stereocenters. The van der Waals surface area contributed by atoms with Gasteiger partial charge in [0.1, 0.15) is 0 Å². The Morgan fingerprint density at radius 1 is 1.20 bits per heavy atom. The summed E-state index contributed by atoms with van der Waals surface area (Å²) >= 11 is 0. The zero-order valence-electron chi connectivity index (χ0n) is 9.73. The maximum absolute atomic E-state index is 12.2. The van der Waals surface area contributed by atoms with Crippen molar-refractivity contribution in [3.8, 4) is 0 Å². The van der Waals surface area contributed by atoms with E-state index in [2.05, 4.69) is 0 Å². The third kappa shape index (κ3) is 8.69. The molecule has 92 valence electrons. The van der Waals surface area contributed by atoms with E-state index in [0.29, 0.717) is 6.42 Å². The topological polar surface area (TPSA) is 23.5 Å². The lowest BCUT2D eigenvalue weighted by atomic mass is 10.1. The minimum Gasteiger partial charge on any atom is -0.390 e. The fourth-order valence-electron chi connectivity index (χ4n) is 1.17. The second-order valence-electron chi connectivity index (χ2n) is 4.74. The number of rotatable bonds is 5. The Morgan fingerprint density at radius 3 is 1.93 bits per heavy atom. The maximum Gasteiger partial charge on any atom is 0.401 e. The van der Waals surface area contributed by atoms with Crippen LogP contribution in [0.5, 0.6) is 0 Å². The summed E-state index contributed by atoms with van der Waals surface area (Å²) in [5.74, 6) is 0. The Balaban J connectivity index is 4.18. The Kier molecular flexibility index (Phi) is 5.06. The lowest BCUT2D eigenvalue weighted by Gasteiger charge is -2.29. The van der Waals surface area contributed by atoms with Crippen molar-refractivity contribution in [3.63, 3.8) is 0 Å². The van der Waals surface area contributed by atoms with Crippen molar-refractivity contribution in [2.45, 2.75) is 51.9 Å². The molecule has 0 aliphatic carbocycles. The largest absolute Gasteiger partial charge is 0.401 e. The van der Waals surface area contributed by atoms with E-state index in [1.807, 2.05) is 0 Å². The van der Waals surface area contributed by atoms with Gasteiger partial charge < -0.3 is 5.11 Å². The maximum atomic E-state index is 12.2. The average molecular weight is 227 g/mol. The molecule has 0 aliphatic rings. The second-order valence-corrected chi connectivity index (χ2v) is 4.74. The number of hydrogen-bond donors (Lipinski definition) is 1. The molecule has 0 amide bonds. The lowest BCUT2D eigenvalue weighted by molar-refractivity contribution is -0.151. The van der Waals surface area contributed by atoms with Gasteiger partial charge in [-0.15, -0.1) is 0 Å². The van der Waals surface area contributed by atoms with Crippen LogP contribution in [0.15, 0.2) is 0 Å². The molecule has 0 unspecified atom stereocenters. The quantitative estimate of drug-likeness (QED) is 0.779. The first-order valence-electron chi connectivity index (χ1n) is 5.04. The summed E-state index contributed by atoms with van der Waals surface area (Å²) in [5, 5.41) is 9.44. The molecular formula is C10H20F3NO. The fraction of sp³-hybridized carbons (Fsp3) is 1.00. The number of alkyl halides is 3. The average Bonchev–Trinajstić information content (AvgIpc) is 1.93. The Hall–Kier alpha value is -0.290. The molecule has 0 saturated heterocycles. The van der Waals surface area contributed by atoms with Crippen LogP contribution >= 0.6 is 0 Å². The highest BCUT2D eigenvalue weighted by Crippen LogP contribution is 2.19. The van der Waals surface area contributed by atoms with Crippen molar-refractivity contribution in [2.24, 2.45) is 0 Å².